The molecule has 3 aromatic rings. The molecule has 160 valence electrons. The smallest absolute Gasteiger partial charge is 0.271 e. The first-order chi connectivity index (χ1) is 15.1. The summed E-state index contributed by atoms with van der Waals surface area (Å²) in [5, 5.41) is 3.21. The van der Waals surface area contributed by atoms with E-state index in [2.05, 4.69) is 10.3 Å². The Hall–Kier alpha value is -3.35. The fourth-order valence-electron chi connectivity index (χ4n) is 4.73. The molecule has 1 atom stereocenters. The van der Waals surface area contributed by atoms with Gasteiger partial charge in [0.15, 0.2) is 0 Å². The van der Waals surface area contributed by atoms with E-state index in [1.165, 1.54) is 0 Å². The number of hydrogen-bond acceptors (Lipinski definition) is 4. The number of rotatable bonds is 5. The third-order valence-electron chi connectivity index (χ3n) is 6.51. The van der Waals surface area contributed by atoms with E-state index in [1.54, 1.807) is 23.4 Å². The molecule has 3 aromatic heterocycles. The monoisotopic (exact) mass is 418 g/mol. The molecule has 1 unspecified atom stereocenters. The molecule has 7 nitrogen and oxygen atoms in total. The fraction of sp³-hybridized carbons (Fsp3) is 0.375. The lowest BCUT2D eigenvalue weighted by Gasteiger charge is -2.44. The van der Waals surface area contributed by atoms with Crippen LogP contribution in [0.25, 0.3) is 11.5 Å². The molecule has 1 aliphatic carbocycles. The molecule has 4 heterocycles. The first-order valence-corrected chi connectivity index (χ1v) is 10.8. The molecule has 31 heavy (non-hydrogen) atoms. The molecule has 0 aromatic carbocycles. The molecule has 0 spiro atoms. The van der Waals surface area contributed by atoms with Gasteiger partial charge >= 0.3 is 0 Å². The quantitative estimate of drug-likeness (QED) is 0.686. The lowest BCUT2D eigenvalue weighted by Crippen LogP contribution is -2.64. The maximum absolute atomic E-state index is 13.6. The van der Waals surface area contributed by atoms with Crippen molar-refractivity contribution in [2.24, 2.45) is 0 Å². The summed E-state index contributed by atoms with van der Waals surface area (Å²) in [6.07, 6.45) is 7.55. The Kier molecular flexibility index (Phi) is 4.88. The minimum absolute atomic E-state index is 0.117. The number of fused-ring (bicyclic) bond motifs is 1. The van der Waals surface area contributed by atoms with E-state index in [9.17, 15) is 9.59 Å². The number of hydrogen-bond donors (Lipinski definition) is 1. The standard InChI is InChI=1S/C24H26N4O3/c1-24(23(30)26-17-7-2-3-8-17)16-27-19(21-10-6-14-31-21)11-12-20(27)22(29)28(24)15-18-9-4-5-13-25-18/h4-6,9-14,17H,2-3,7-8,15-16H2,1H3,(H,26,30). The third-order valence-corrected chi connectivity index (χ3v) is 6.51. The van der Waals surface area contributed by atoms with E-state index in [-0.39, 0.29) is 24.4 Å². The van der Waals surface area contributed by atoms with Crippen LogP contribution in [0, 0.1) is 0 Å². The zero-order chi connectivity index (χ0) is 21.4. The van der Waals surface area contributed by atoms with Crippen LogP contribution in [0.3, 0.4) is 0 Å². The van der Waals surface area contributed by atoms with Crippen LogP contribution in [0.15, 0.2) is 59.3 Å². The normalized spacial score (nSPS) is 21.3. The van der Waals surface area contributed by atoms with Crippen LogP contribution in [0.2, 0.25) is 0 Å². The van der Waals surface area contributed by atoms with Crippen molar-refractivity contribution in [2.75, 3.05) is 0 Å². The first kappa shape index (κ1) is 19.6. The number of aromatic nitrogens is 2. The van der Waals surface area contributed by atoms with Crippen LogP contribution in [0.1, 0.15) is 48.8 Å². The largest absolute Gasteiger partial charge is 0.463 e. The third kappa shape index (κ3) is 3.44. The highest BCUT2D eigenvalue weighted by molar-refractivity contribution is 6.00. The summed E-state index contributed by atoms with van der Waals surface area (Å²) in [4.78, 5) is 33.3. The molecule has 0 radical (unpaired) electrons. The van der Waals surface area contributed by atoms with Crippen LogP contribution < -0.4 is 5.32 Å². The van der Waals surface area contributed by atoms with E-state index in [1.807, 2.05) is 47.9 Å². The SMILES string of the molecule is CC1(C(=O)NC2CCCC2)Cn2c(ccc2-c2ccco2)C(=O)N1Cc1ccccn1. The Morgan fingerprint density at radius 3 is 2.68 bits per heavy atom. The molecule has 1 N–H and O–H groups in total. The minimum Gasteiger partial charge on any atom is -0.463 e. The van der Waals surface area contributed by atoms with Crippen LogP contribution in [0.4, 0.5) is 0 Å². The maximum atomic E-state index is 13.6. The van der Waals surface area contributed by atoms with Crippen LogP contribution >= 0.6 is 0 Å². The molecule has 7 heteroatoms. The van der Waals surface area contributed by atoms with Crippen molar-refractivity contribution < 1.29 is 14.0 Å². The molecule has 1 saturated carbocycles. The zero-order valence-electron chi connectivity index (χ0n) is 17.6. The Morgan fingerprint density at radius 2 is 1.97 bits per heavy atom. The van der Waals surface area contributed by atoms with E-state index in [0.717, 1.165) is 37.1 Å². The predicted octanol–water partition coefficient (Wildman–Crippen LogP) is 3.62. The molecule has 0 saturated heterocycles. The van der Waals surface area contributed by atoms with Crippen molar-refractivity contribution in [3.8, 4) is 11.5 Å². The number of carbonyl (C=O) groups is 2. The number of nitrogens with zero attached hydrogens (tertiary/aromatic N) is 3. The maximum Gasteiger partial charge on any atom is 0.271 e. The highest BCUT2D eigenvalue weighted by atomic mass is 16.3. The Balaban J connectivity index is 1.54. The fourth-order valence-corrected chi connectivity index (χ4v) is 4.73. The van der Waals surface area contributed by atoms with Gasteiger partial charge in [0.1, 0.15) is 17.0 Å². The second-order valence-corrected chi connectivity index (χ2v) is 8.61. The highest BCUT2D eigenvalue weighted by Crippen LogP contribution is 2.34. The summed E-state index contributed by atoms with van der Waals surface area (Å²) >= 11 is 0. The van der Waals surface area contributed by atoms with Gasteiger partial charge < -0.3 is 19.2 Å². The molecular formula is C24H26N4O3. The van der Waals surface area contributed by atoms with E-state index >= 15 is 0 Å². The summed E-state index contributed by atoms with van der Waals surface area (Å²) in [5.41, 5.74) is 1.05. The lowest BCUT2D eigenvalue weighted by molar-refractivity contribution is -0.134. The topological polar surface area (TPSA) is 80.4 Å². The van der Waals surface area contributed by atoms with Crippen molar-refractivity contribution in [1.29, 1.82) is 0 Å². The lowest BCUT2D eigenvalue weighted by atomic mass is 9.93. The Bertz CT molecular complexity index is 1080. The second kappa shape index (κ2) is 7.72. The molecule has 0 bridgehead atoms. The average Bonchev–Trinajstić information content (AvgIpc) is 3.53. The van der Waals surface area contributed by atoms with E-state index < -0.39 is 5.54 Å². The van der Waals surface area contributed by atoms with Crippen molar-refractivity contribution in [3.05, 3.63) is 66.3 Å². The van der Waals surface area contributed by atoms with E-state index in [0.29, 0.717) is 18.0 Å². The van der Waals surface area contributed by atoms with Crippen molar-refractivity contribution in [3.63, 3.8) is 0 Å². The Morgan fingerprint density at radius 1 is 1.16 bits per heavy atom. The number of carbonyl (C=O) groups excluding carboxylic acids is 2. The second-order valence-electron chi connectivity index (χ2n) is 8.61. The molecular weight excluding hydrogens is 392 g/mol. The van der Waals surface area contributed by atoms with Crippen molar-refractivity contribution in [1.82, 2.24) is 19.8 Å². The summed E-state index contributed by atoms with van der Waals surface area (Å²) in [5.74, 6) is 0.378. The number of nitrogens with one attached hydrogen (secondary N) is 1. The van der Waals surface area contributed by atoms with E-state index in [4.69, 9.17) is 4.42 Å². The highest BCUT2D eigenvalue weighted by Gasteiger charge is 2.48. The van der Waals surface area contributed by atoms with Gasteiger partial charge in [-0.1, -0.05) is 18.9 Å². The predicted molar refractivity (Wildman–Crippen MR) is 115 cm³/mol. The van der Waals surface area contributed by atoms with Gasteiger partial charge in [-0.25, -0.2) is 0 Å². The van der Waals surface area contributed by atoms with Gasteiger partial charge in [0.25, 0.3) is 5.91 Å². The molecule has 2 amide bonds. The van der Waals surface area contributed by atoms with Gasteiger partial charge in [0.2, 0.25) is 5.91 Å². The van der Waals surface area contributed by atoms with Gasteiger partial charge in [-0.3, -0.25) is 14.6 Å². The minimum atomic E-state index is -1.05. The number of amides is 2. The van der Waals surface area contributed by atoms with Gasteiger partial charge in [0, 0.05) is 12.2 Å². The molecule has 2 aliphatic rings. The summed E-state index contributed by atoms with van der Waals surface area (Å²) < 4.78 is 7.49. The summed E-state index contributed by atoms with van der Waals surface area (Å²) in [6.45, 7) is 2.48. The van der Waals surface area contributed by atoms with Gasteiger partial charge in [0.05, 0.1) is 30.7 Å². The first-order valence-electron chi connectivity index (χ1n) is 10.8. The zero-order valence-corrected chi connectivity index (χ0v) is 17.6. The average molecular weight is 418 g/mol. The summed E-state index contributed by atoms with van der Waals surface area (Å²) in [7, 11) is 0. The van der Waals surface area contributed by atoms with Crippen molar-refractivity contribution >= 4 is 11.8 Å². The van der Waals surface area contributed by atoms with Crippen molar-refractivity contribution in [2.45, 2.75) is 57.3 Å². The van der Waals surface area contributed by atoms with Gasteiger partial charge in [-0.2, -0.15) is 0 Å². The van der Waals surface area contributed by atoms with Gasteiger partial charge in [-0.15, -0.1) is 0 Å². The van der Waals surface area contributed by atoms with Gasteiger partial charge in [-0.05, 0) is 56.2 Å². The number of pyridine rings is 1. The van der Waals surface area contributed by atoms with Crippen LogP contribution in [-0.4, -0.2) is 37.8 Å². The molecule has 1 fully saturated rings. The Labute approximate surface area is 181 Å². The van der Waals surface area contributed by atoms with Crippen LogP contribution in [0.5, 0.6) is 0 Å². The summed E-state index contributed by atoms with van der Waals surface area (Å²) in [6, 6.07) is 13.2. The number of furan rings is 1. The van der Waals surface area contributed by atoms with Crippen LogP contribution in [-0.2, 0) is 17.9 Å². The molecule has 5 rings (SSSR count). The molecule has 1 aliphatic heterocycles.